The predicted molar refractivity (Wildman–Crippen MR) is 75.3 cm³/mol. The number of carboxylic acids is 1. The number of hydrogen-bond donors (Lipinski definition) is 2. The Labute approximate surface area is 121 Å². The van der Waals surface area contributed by atoms with Crippen LogP contribution in [0.1, 0.15) is 36.0 Å². The molecule has 0 radical (unpaired) electrons. The Morgan fingerprint density at radius 2 is 2.05 bits per heavy atom. The quantitative estimate of drug-likeness (QED) is 0.590. The number of nitrogens with zero attached hydrogens (tertiary/aromatic N) is 2. The molecule has 2 aliphatic rings. The van der Waals surface area contributed by atoms with E-state index < -0.39 is 10.9 Å². The van der Waals surface area contributed by atoms with Crippen LogP contribution >= 0.6 is 0 Å². The van der Waals surface area contributed by atoms with Gasteiger partial charge >= 0.3 is 5.97 Å². The fraction of sp³-hybridized carbons (Fsp3) is 0.571. The molecule has 7 nitrogen and oxygen atoms in total. The number of nitro groups is 1. The van der Waals surface area contributed by atoms with E-state index in [1.807, 2.05) is 0 Å². The molecule has 0 amide bonds. The van der Waals surface area contributed by atoms with Crippen LogP contribution in [0.5, 0.6) is 0 Å². The summed E-state index contributed by atoms with van der Waals surface area (Å²) >= 11 is 0. The molecule has 0 unspecified atom stereocenters. The first-order valence-corrected chi connectivity index (χ1v) is 7.18. The van der Waals surface area contributed by atoms with Gasteiger partial charge in [0.05, 0.1) is 4.92 Å². The lowest BCUT2D eigenvalue weighted by molar-refractivity contribution is -0.385. The molecule has 0 spiro atoms. The van der Waals surface area contributed by atoms with Crippen LogP contribution in [-0.4, -0.2) is 27.5 Å². The second-order valence-corrected chi connectivity index (χ2v) is 5.87. The van der Waals surface area contributed by atoms with Crippen LogP contribution in [0.4, 0.5) is 11.5 Å². The third-order valence-electron chi connectivity index (χ3n) is 4.27. The Bertz CT molecular complexity index is 570. The number of aromatic carboxylic acids is 1. The fourth-order valence-corrected chi connectivity index (χ4v) is 2.84. The monoisotopic (exact) mass is 291 g/mol. The first-order valence-electron chi connectivity index (χ1n) is 7.18. The Morgan fingerprint density at radius 1 is 1.43 bits per heavy atom. The van der Waals surface area contributed by atoms with Crippen molar-refractivity contribution in [3.05, 3.63) is 27.9 Å². The molecule has 0 saturated heterocycles. The van der Waals surface area contributed by atoms with Crippen molar-refractivity contribution in [3.63, 3.8) is 0 Å². The minimum atomic E-state index is -1.21. The van der Waals surface area contributed by atoms with Gasteiger partial charge in [0.25, 0.3) is 5.69 Å². The molecule has 0 aromatic carbocycles. The largest absolute Gasteiger partial charge is 0.478 e. The standard InChI is InChI=1S/C14H17N3O4/c18-14(19)11-5-10(17(20)21)6-15-13(11)16-7-12(8-1-2-8)9-3-4-9/h5-6,8-9,12H,1-4,7H2,(H,15,16)(H,18,19). The first kappa shape index (κ1) is 13.8. The van der Waals surface area contributed by atoms with Crippen molar-refractivity contribution in [2.75, 3.05) is 11.9 Å². The molecule has 0 aliphatic heterocycles. The lowest BCUT2D eigenvalue weighted by Crippen LogP contribution is -2.20. The summed E-state index contributed by atoms with van der Waals surface area (Å²) in [6, 6.07) is 1.06. The highest BCUT2D eigenvalue weighted by atomic mass is 16.6. The highest BCUT2D eigenvalue weighted by Gasteiger charge is 2.41. The number of pyridine rings is 1. The number of carboxylic acid groups (broad SMARTS) is 1. The van der Waals surface area contributed by atoms with Gasteiger partial charge in [0.1, 0.15) is 17.6 Å². The normalized spacial score (nSPS) is 17.8. The molecule has 112 valence electrons. The number of hydrogen-bond acceptors (Lipinski definition) is 5. The fourth-order valence-electron chi connectivity index (χ4n) is 2.84. The minimum absolute atomic E-state index is 0.144. The van der Waals surface area contributed by atoms with Crippen LogP contribution in [0, 0.1) is 27.9 Å². The second kappa shape index (κ2) is 5.31. The Kier molecular flexibility index (Phi) is 3.48. The molecule has 2 fully saturated rings. The molecule has 2 saturated carbocycles. The van der Waals surface area contributed by atoms with Gasteiger partial charge in [0.15, 0.2) is 0 Å². The van der Waals surface area contributed by atoms with Gasteiger partial charge < -0.3 is 10.4 Å². The van der Waals surface area contributed by atoms with Gasteiger partial charge in [-0.05, 0) is 43.4 Å². The number of aromatic nitrogens is 1. The lowest BCUT2D eigenvalue weighted by atomic mass is 9.98. The van der Waals surface area contributed by atoms with Crippen molar-refractivity contribution in [1.29, 1.82) is 0 Å². The molecule has 21 heavy (non-hydrogen) atoms. The van der Waals surface area contributed by atoms with Gasteiger partial charge in [-0.3, -0.25) is 10.1 Å². The van der Waals surface area contributed by atoms with E-state index in [1.54, 1.807) is 0 Å². The van der Waals surface area contributed by atoms with Crippen LogP contribution < -0.4 is 5.32 Å². The molecule has 7 heteroatoms. The smallest absolute Gasteiger partial charge is 0.339 e. The van der Waals surface area contributed by atoms with Crippen molar-refractivity contribution in [2.45, 2.75) is 25.7 Å². The molecule has 2 aliphatic carbocycles. The molecule has 1 aromatic heterocycles. The second-order valence-electron chi connectivity index (χ2n) is 5.87. The highest BCUT2D eigenvalue weighted by molar-refractivity contribution is 5.93. The molecule has 0 bridgehead atoms. The zero-order valence-electron chi connectivity index (χ0n) is 11.5. The van der Waals surface area contributed by atoms with E-state index >= 15 is 0 Å². The third kappa shape index (κ3) is 3.12. The Hall–Kier alpha value is -2.18. The maximum absolute atomic E-state index is 11.2. The molecule has 0 atom stereocenters. The predicted octanol–water partition coefficient (Wildman–Crippen LogP) is 2.54. The summed E-state index contributed by atoms with van der Waals surface area (Å²) in [6.07, 6.45) is 6.10. The van der Waals surface area contributed by atoms with Gasteiger partial charge in [-0.2, -0.15) is 0 Å². The molecular weight excluding hydrogens is 274 g/mol. The first-order chi connectivity index (χ1) is 10.1. The van der Waals surface area contributed by atoms with E-state index in [9.17, 15) is 20.0 Å². The Balaban J connectivity index is 1.74. The average Bonchev–Trinajstić information content (AvgIpc) is 3.32. The number of rotatable bonds is 7. The van der Waals surface area contributed by atoms with Crippen molar-refractivity contribution >= 4 is 17.5 Å². The van der Waals surface area contributed by atoms with Crippen molar-refractivity contribution in [1.82, 2.24) is 4.98 Å². The summed E-state index contributed by atoms with van der Waals surface area (Å²) in [7, 11) is 0. The summed E-state index contributed by atoms with van der Waals surface area (Å²) in [4.78, 5) is 25.2. The molecular formula is C14H17N3O4. The highest BCUT2D eigenvalue weighted by Crippen LogP contribution is 2.49. The Morgan fingerprint density at radius 3 is 2.52 bits per heavy atom. The maximum atomic E-state index is 11.2. The minimum Gasteiger partial charge on any atom is -0.478 e. The van der Waals surface area contributed by atoms with Gasteiger partial charge in [-0.1, -0.05) is 0 Å². The van der Waals surface area contributed by atoms with Crippen molar-refractivity contribution in [2.24, 2.45) is 17.8 Å². The van der Waals surface area contributed by atoms with E-state index in [0.717, 1.165) is 24.1 Å². The van der Waals surface area contributed by atoms with Gasteiger partial charge in [0, 0.05) is 12.6 Å². The average molecular weight is 291 g/mol. The summed E-state index contributed by atoms with van der Waals surface area (Å²) in [5.41, 5.74) is -0.451. The summed E-state index contributed by atoms with van der Waals surface area (Å²) in [5.74, 6) is 1.08. The summed E-state index contributed by atoms with van der Waals surface area (Å²) < 4.78 is 0. The summed E-state index contributed by atoms with van der Waals surface area (Å²) in [5, 5.41) is 23.0. The SMILES string of the molecule is O=C(O)c1cc([N+](=O)[O-])cnc1NCC(C1CC1)C1CC1. The molecule has 3 rings (SSSR count). The zero-order valence-corrected chi connectivity index (χ0v) is 11.5. The van der Waals surface area contributed by atoms with Crippen LogP contribution in [0.2, 0.25) is 0 Å². The topological polar surface area (TPSA) is 105 Å². The van der Waals surface area contributed by atoms with Gasteiger partial charge in [-0.15, -0.1) is 0 Å². The van der Waals surface area contributed by atoms with Crippen LogP contribution in [0.15, 0.2) is 12.3 Å². The number of nitrogens with one attached hydrogen (secondary N) is 1. The van der Waals surface area contributed by atoms with E-state index in [-0.39, 0.29) is 17.1 Å². The van der Waals surface area contributed by atoms with E-state index in [0.29, 0.717) is 12.5 Å². The number of carbonyl (C=O) groups is 1. The van der Waals surface area contributed by atoms with E-state index in [1.165, 1.54) is 25.7 Å². The van der Waals surface area contributed by atoms with Gasteiger partial charge in [-0.25, -0.2) is 9.78 Å². The molecule has 2 N–H and O–H groups in total. The third-order valence-corrected chi connectivity index (χ3v) is 4.27. The van der Waals surface area contributed by atoms with Crippen molar-refractivity contribution < 1.29 is 14.8 Å². The molecule has 1 heterocycles. The zero-order chi connectivity index (χ0) is 15.0. The van der Waals surface area contributed by atoms with Crippen LogP contribution in [0.3, 0.4) is 0 Å². The van der Waals surface area contributed by atoms with E-state index in [2.05, 4.69) is 10.3 Å². The maximum Gasteiger partial charge on any atom is 0.339 e. The van der Waals surface area contributed by atoms with Crippen molar-refractivity contribution in [3.8, 4) is 0 Å². The lowest BCUT2D eigenvalue weighted by Gasteiger charge is -2.17. The summed E-state index contributed by atoms with van der Waals surface area (Å²) in [6.45, 7) is 0.695. The van der Waals surface area contributed by atoms with E-state index in [4.69, 9.17) is 0 Å². The number of anilines is 1. The molecule has 1 aromatic rings. The van der Waals surface area contributed by atoms with Crippen LogP contribution in [0.25, 0.3) is 0 Å². The van der Waals surface area contributed by atoms with Crippen LogP contribution in [-0.2, 0) is 0 Å². The van der Waals surface area contributed by atoms with Gasteiger partial charge in [0.2, 0.25) is 0 Å².